The van der Waals surface area contributed by atoms with Crippen LogP contribution in [0, 0.1) is 12.8 Å². The predicted molar refractivity (Wildman–Crippen MR) is 92.5 cm³/mol. The first-order chi connectivity index (χ1) is 10.3. The first-order valence-electron chi connectivity index (χ1n) is 6.88. The van der Waals surface area contributed by atoms with Crippen LogP contribution < -0.4 is 0 Å². The molecule has 2 rings (SSSR count). The van der Waals surface area contributed by atoms with Crippen LogP contribution in [0.1, 0.15) is 25.0 Å². The van der Waals surface area contributed by atoms with Crippen LogP contribution in [0.5, 0.6) is 0 Å². The van der Waals surface area contributed by atoms with Crippen molar-refractivity contribution in [1.29, 1.82) is 0 Å². The normalized spacial score (nSPS) is 18.4. The molecule has 6 heteroatoms. The molecule has 4 nitrogen and oxygen atoms in total. The van der Waals surface area contributed by atoms with Crippen molar-refractivity contribution >= 4 is 46.3 Å². The summed E-state index contributed by atoms with van der Waals surface area (Å²) in [5, 5.41) is 9.36. The molecule has 116 valence electrons. The van der Waals surface area contributed by atoms with Crippen LogP contribution in [-0.2, 0) is 9.59 Å². The first-order valence-corrected chi connectivity index (χ1v) is 8.10. The number of aryl methyl sites for hydroxylation is 1. The van der Waals surface area contributed by atoms with Gasteiger partial charge in [-0.2, -0.15) is 0 Å². The Bertz CT molecular complexity index is 650. The SMILES string of the molecule is Cc1ccc(/C=C2\SC(=S)N([C@H](C(=O)O)C(C)C)C2=O)cc1. The van der Waals surface area contributed by atoms with E-state index in [-0.39, 0.29) is 11.8 Å². The maximum Gasteiger partial charge on any atom is 0.327 e. The van der Waals surface area contributed by atoms with E-state index in [1.165, 1.54) is 4.90 Å². The van der Waals surface area contributed by atoms with Crippen LogP contribution in [0.15, 0.2) is 29.2 Å². The van der Waals surface area contributed by atoms with Gasteiger partial charge in [0.25, 0.3) is 5.91 Å². The van der Waals surface area contributed by atoms with Crippen molar-refractivity contribution in [2.75, 3.05) is 0 Å². The number of thioether (sulfide) groups is 1. The van der Waals surface area contributed by atoms with E-state index < -0.39 is 12.0 Å². The van der Waals surface area contributed by atoms with Gasteiger partial charge in [-0.3, -0.25) is 9.69 Å². The fourth-order valence-corrected chi connectivity index (χ4v) is 3.56. The van der Waals surface area contributed by atoms with Gasteiger partial charge in [0.15, 0.2) is 0 Å². The molecule has 1 amide bonds. The summed E-state index contributed by atoms with van der Waals surface area (Å²) in [5.41, 5.74) is 2.03. The van der Waals surface area contributed by atoms with Gasteiger partial charge in [0.2, 0.25) is 0 Å². The molecule has 22 heavy (non-hydrogen) atoms. The number of nitrogens with zero attached hydrogens (tertiary/aromatic N) is 1. The van der Waals surface area contributed by atoms with Gasteiger partial charge in [-0.1, -0.05) is 67.7 Å². The Balaban J connectivity index is 2.32. The van der Waals surface area contributed by atoms with Gasteiger partial charge in [0.05, 0.1) is 4.91 Å². The predicted octanol–water partition coefficient (Wildman–Crippen LogP) is 3.31. The van der Waals surface area contributed by atoms with E-state index in [0.717, 1.165) is 22.9 Å². The number of amides is 1. The summed E-state index contributed by atoms with van der Waals surface area (Å²) in [6.07, 6.45) is 1.75. The number of aliphatic carboxylic acids is 1. The third kappa shape index (κ3) is 3.39. The van der Waals surface area contributed by atoms with Crippen LogP contribution in [-0.4, -0.2) is 32.2 Å². The molecule has 1 fully saturated rings. The second-order valence-corrected chi connectivity index (χ2v) is 7.17. The molecule has 0 radical (unpaired) electrons. The smallest absolute Gasteiger partial charge is 0.327 e. The van der Waals surface area contributed by atoms with Crippen molar-refractivity contribution in [3.8, 4) is 0 Å². The molecule has 1 saturated heterocycles. The zero-order valence-corrected chi connectivity index (χ0v) is 14.2. The fourth-order valence-electron chi connectivity index (χ4n) is 2.23. The van der Waals surface area contributed by atoms with E-state index in [1.807, 2.05) is 31.2 Å². The molecule has 1 aromatic carbocycles. The summed E-state index contributed by atoms with van der Waals surface area (Å²) >= 11 is 6.36. The third-order valence-corrected chi connectivity index (χ3v) is 4.69. The maximum absolute atomic E-state index is 12.5. The van der Waals surface area contributed by atoms with Gasteiger partial charge < -0.3 is 5.11 Å². The summed E-state index contributed by atoms with van der Waals surface area (Å²) in [4.78, 5) is 25.6. The van der Waals surface area contributed by atoms with Crippen molar-refractivity contribution in [2.45, 2.75) is 26.8 Å². The summed E-state index contributed by atoms with van der Waals surface area (Å²) in [6.45, 7) is 5.52. The molecule has 1 aliphatic rings. The number of carbonyl (C=O) groups is 2. The van der Waals surface area contributed by atoms with E-state index in [9.17, 15) is 14.7 Å². The lowest BCUT2D eigenvalue weighted by Crippen LogP contribution is -2.47. The zero-order valence-electron chi connectivity index (χ0n) is 12.6. The highest BCUT2D eigenvalue weighted by molar-refractivity contribution is 8.26. The van der Waals surface area contributed by atoms with Crippen molar-refractivity contribution in [2.24, 2.45) is 5.92 Å². The minimum absolute atomic E-state index is 0.223. The average molecular weight is 335 g/mol. The van der Waals surface area contributed by atoms with Crippen LogP contribution in [0.4, 0.5) is 0 Å². The van der Waals surface area contributed by atoms with E-state index in [0.29, 0.717) is 9.23 Å². The van der Waals surface area contributed by atoms with Crippen LogP contribution >= 0.6 is 24.0 Å². The summed E-state index contributed by atoms with van der Waals surface area (Å²) in [6, 6.07) is 6.82. The van der Waals surface area contributed by atoms with Gasteiger partial charge in [-0.25, -0.2) is 4.79 Å². The van der Waals surface area contributed by atoms with Crippen LogP contribution in [0.2, 0.25) is 0 Å². The second-order valence-electron chi connectivity index (χ2n) is 5.49. The molecule has 1 heterocycles. The molecule has 0 unspecified atom stereocenters. The van der Waals surface area contributed by atoms with E-state index >= 15 is 0 Å². The van der Waals surface area contributed by atoms with Crippen molar-refractivity contribution in [3.63, 3.8) is 0 Å². The standard InChI is InChI=1S/C16H17NO3S2/c1-9(2)13(15(19)20)17-14(18)12(22-16(17)21)8-11-6-4-10(3)5-7-11/h4-9,13H,1-3H3,(H,19,20)/b12-8-/t13-/m0/s1. The van der Waals surface area contributed by atoms with Crippen molar-refractivity contribution in [1.82, 2.24) is 4.90 Å². The molecule has 1 aliphatic heterocycles. The molecule has 1 aromatic rings. The van der Waals surface area contributed by atoms with E-state index in [2.05, 4.69) is 0 Å². The lowest BCUT2D eigenvalue weighted by atomic mass is 10.0. The lowest BCUT2D eigenvalue weighted by Gasteiger charge is -2.26. The van der Waals surface area contributed by atoms with Crippen molar-refractivity contribution in [3.05, 3.63) is 40.3 Å². The molecular formula is C16H17NO3S2. The Labute approximate surface area is 139 Å². The lowest BCUT2D eigenvalue weighted by molar-refractivity contribution is -0.146. The number of rotatable bonds is 4. The monoisotopic (exact) mass is 335 g/mol. The molecule has 0 bridgehead atoms. The molecule has 1 N–H and O–H groups in total. The molecule has 0 spiro atoms. The second kappa shape index (κ2) is 6.62. The highest BCUT2D eigenvalue weighted by Crippen LogP contribution is 2.35. The quantitative estimate of drug-likeness (QED) is 0.676. The van der Waals surface area contributed by atoms with Crippen LogP contribution in [0.25, 0.3) is 6.08 Å². The number of carbonyl (C=O) groups excluding carboxylic acids is 1. The Morgan fingerprint density at radius 1 is 1.32 bits per heavy atom. The molecule has 1 atom stereocenters. The number of carboxylic acids is 1. The molecule has 0 saturated carbocycles. The summed E-state index contributed by atoms with van der Waals surface area (Å²) in [7, 11) is 0. The maximum atomic E-state index is 12.5. The first kappa shape index (κ1) is 16.7. The molecule has 0 aliphatic carbocycles. The number of hydrogen-bond donors (Lipinski definition) is 1. The number of carboxylic acid groups (broad SMARTS) is 1. The Morgan fingerprint density at radius 2 is 1.91 bits per heavy atom. The van der Waals surface area contributed by atoms with Gasteiger partial charge >= 0.3 is 5.97 Å². The zero-order chi connectivity index (χ0) is 16.4. The topological polar surface area (TPSA) is 57.6 Å². The number of thiocarbonyl (C=S) groups is 1. The Kier molecular flexibility index (Phi) is 5.03. The molecule has 0 aromatic heterocycles. The largest absolute Gasteiger partial charge is 0.480 e. The minimum Gasteiger partial charge on any atom is -0.480 e. The van der Waals surface area contributed by atoms with Crippen LogP contribution in [0.3, 0.4) is 0 Å². The van der Waals surface area contributed by atoms with Crippen molar-refractivity contribution < 1.29 is 14.7 Å². The minimum atomic E-state index is -1.04. The third-order valence-electron chi connectivity index (χ3n) is 3.36. The summed E-state index contributed by atoms with van der Waals surface area (Å²) < 4.78 is 0.296. The Hall–Kier alpha value is -1.66. The summed E-state index contributed by atoms with van der Waals surface area (Å²) in [5.74, 6) is -1.60. The number of benzene rings is 1. The van der Waals surface area contributed by atoms with Gasteiger partial charge in [-0.05, 0) is 24.5 Å². The van der Waals surface area contributed by atoms with E-state index in [1.54, 1.807) is 19.9 Å². The Morgan fingerprint density at radius 3 is 2.41 bits per heavy atom. The highest BCUT2D eigenvalue weighted by Gasteiger charge is 2.41. The fraction of sp³-hybridized carbons (Fsp3) is 0.312. The van der Waals surface area contributed by atoms with Gasteiger partial charge in [0, 0.05) is 0 Å². The number of hydrogen-bond acceptors (Lipinski definition) is 4. The van der Waals surface area contributed by atoms with E-state index in [4.69, 9.17) is 12.2 Å². The van der Waals surface area contributed by atoms with Gasteiger partial charge in [-0.15, -0.1) is 0 Å². The highest BCUT2D eigenvalue weighted by atomic mass is 32.2. The average Bonchev–Trinajstić information content (AvgIpc) is 2.69. The van der Waals surface area contributed by atoms with Gasteiger partial charge in [0.1, 0.15) is 10.4 Å². The molecular weight excluding hydrogens is 318 g/mol.